The Morgan fingerprint density at radius 3 is 2.68 bits per heavy atom. The van der Waals surface area contributed by atoms with Crippen molar-refractivity contribution in [2.24, 2.45) is 0 Å². The van der Waals surface area contributed by atoms with E-state index in [1.807, 2.05) is 30.3 Å². The summed E-state index contributed by atoms with van der Waals surface area (Å²) < 4.78 is 16.1. The number of rotatable bonds is 3. The Morgan fingerprint density at radius 1 is 1.16 bits per heavy atom. The Balaban J connectivity index is 1.87. The molecule has 0 spiro atoms. The first-order chi connectivity index (χ1) is 12.2. The highest BCUT2D eigenvalue weighted by atomic mass is 35.5. The maximum atomic E-state index is 14.0. The lowest BCUT2D eigenvalue weighted by atomic mass is 10.2. The summed E-state index contributed by atoms with van der Waals surface area (Å²) in [5.41, 5.74) is 2.25. The Labute approximate surface area is 151 Å². The number of thiazole rings is 1. The van der Waals surface area contributed by atoms with Gasteiger partial charge in [0.2, 0.25) is 0 Å². The first-order valence-corrected chi connectivity index (χ1v) is 8.62. The van der Waals surface area contributed by atoms with Crippen LogP contribution in [0.4, 0.5) is 4.39 Å². The van der Waals surface area contributed by atoms with Gasteiger partial charge in [-0.05, 0) is 12.1 Å². The molecule has 0 N–H and O–H groups in total. The average molecular weight is 369 g/mol. The van der Waals surface area contributed by atoms with Gasteiger partial charge in [0.15, 0.2) is 5.69 Å². The summed E-state index contributed by atoms with van der Waals surface area (Å²) in [5.74, 6) is -0.271. The lowest BCUT2D eigenvalue weighted by molar-refractivity contribution is 0.591. The molecule has 0 atom stereocenters. The number of benzene rings is 2. The van der Waals surface area contributed by atoms with E-state index in [-0.39, 0.29) is 11.5 Å². The Morgan fingerprint density at radius 2 is 1.92 bits per heavy atom. The molecule has 25 heavy (non-hydrogen) atoms. The van der Waals surface area contributed by atoms with E-state index in [0.717, 1.165) is 10.9 Å². The van der Waals surface area contributed by atoms with Crippen LogP contribution in [0.3, 0.4) is 0 Å². The van der Waals surface area contributed by atoms with Gasteiger partial charge in [0.1, 0.15) is 26.9 Å². The van der Waals surface area contributed by atoms with Crippen molar-refractivity contribution in [1.82, 2.24) is 14.8 Å². The first-order valence-electron chi connectivity index (χ1n) is 7.43. The van der Waals surface area contributed by atoms with Crippen molar-refractivity contribution in [3.8, 4) is 16.8 Å². The minimum atomic E-state index is -0.271. The van der Waals surface area contributed by atoms with Crippen molar-refractivity contribution in [3.05, 3.63) is 69.9 Å². The van der Waals surface area contributed by atoms with Gasteiger partial charge >= 0.3 is 0 Å². The highest BCUT2D eigenvalue weighted by Gasteiger charge is 2.18. The van der Waals surface area contributed by atoms with Crippen LogP contribution < -0.4 is 0 Å². The summed E-state index contributed by atoms with van der Waals surface area (Å²) in [7, 11) is 0. The third-order valence-electron chi connectivity index (χ3n) is 3.83. The predicted octanol–water partition coefficient (Wildman–Crippen LogP) is 4.87. The summed E-state index contributed by atoms with van der Waals surface area (Å²) in [4.78, 5) is 4.26. The van der Waals surface area contributed by atoms with Gasteiger partial charge in [-0.15, -0.1) is 0 Å². The van der Waals surface area contributed by atoms with Crippen molar-refractivity contribution in [2.75, 3.05) is 0 Å². The summed E-state index contributed by atoms with van der Waals surface area (Å²) in [6.07, 6.45) is 0. The molecule has 4 nitrogen and oxygen atoms in total. The van der Waals surface area contributed by atoms with Crippen LogP contribution in [-0.4, -0.2) is 14.8 Å². The molecule has 0 amide bonds. The standard InChI is InChI=1S/C18H10ClFN4S/c19-17-14(9-21)22-18(25-17)16-12-6-2-4-8-15(12)24(23-16)10-11-5-1-3-7-13(11)20/h1-8H,10H2. The number of halogens is 2. The van der Waals surface area contributed by atoms with Crippen LogP contribution in [0.5, 0.6) is 0 Å². The average Bonchev–Trinajstić information content (AvgIpc) is 3.18. The molecule has 2 aromatic heterocycles. The molecule has 4 rings (SSSR count). The van der Waals surface area contributed by atoms with Crippen molar-refractivity contribution in [2.45, 2.75) is 6.54 Å². The van der Waals surface area contributed by atoms with Gasteiger partial charge < -0.3 is 0 Å². The summed E-state index contributed by atoms with van der Waals surface area (Å²) in [6, 6.07) is 16.3. The van der Waals surface area contributed by atoms with Gasteiger partial charge in [-0.2, -0.15) is 10.4 Å². The molecule has 0 aliphatic rings. The largest absolute Gasteiger partial charge is 0.260 e. The lowest BCUT2D eigenvalue weighted by Crippen LogP contribution is -2.03. The third kappa shape index (κ3) is 2.78. The third-order valence-corrected chi connectivity index (χ3v) is 5.09. The Kier molecular flexibility index (Phi) is 3.96. The van der Waals surface area contributed by atoms with E-state index in [2.05, 4.69) is 10.1 Å². The number of para-hydroxylation sites is 1. The SMILES string of the molecule is N#Cc1nc(-c2nn(Cc3ccccc3F)c3ccccc23)sc1Cl. The number of hydrogen-bond donors (Lipinski definition) is 0. The van der Waals surface area contributed by atoms with Crippen LogP contribution in [0.15, 0.2) is 48.5 Å². The molecule has 4 aromatic rings. The van der Waals surface area contributed by atoms with E-state index in [4.69, 9.17) is 16.9 Å². The van der Waals surface area contributed by atoms with Crippen molar-refractivity contribution in [1.29, 1.82) is 5.26 Å². The second kappa shape index (κ2) is 6.28. The molecule has 7 heteroatoms. The maximum Gasteiger partial charge on any atom is 0.170 e. The second-order valence-electron chi connectivity index (χ2n) is 5.37. The zero-order valence-corrected chi connectivity index (χ0v) is 14.4. The maximum absolute atomic E-state index is 14.0. The van der Waals surface area contributed by atoms with Gasteiger partial charge in [-0.1, -0.05) is 59.3 Å². The number of fused-ring (bicyclic) bond motifs is 1. The van der Waals surface area contributed by atoms with Gasteiger partial charge in [-0.25, -0.2) is 9.37 Å². The molecule has 0 saturated carbocycles. The molecule has 0 saturated heterocycles. The minimum Gasteiger partial charge on any atom is -0.260 e. The predicted molar refractivity (Wildman–Crippen MR) is 96.1 cm³/mol. The number of hydrogen-bond acceptors (Lipinski definition) is 4. The zero-order valence-electron chi connectivity index (χ0n) is 12.8. The molecule has 0 aliphatic carbocycles. The minimum absolute atomic E-state index is 0.189. The Bertz CT molecular complexity index is 1130. The zero-order chi connectivity index (χ0) is 17.4. The fraction of sp³-hybridized carbons (Fsp3) is 0.0556. The van der Waals surface area contributed by atoms with Crippen LogP contribution >= 0.6 is 22.9 Å². The molecular formula is C18H10ClFN4S. The molecule has 0 unspecified atom stereocenters. The monoisotopic (exact) mass is 368 g/mol. The van der Waals surface area contributed by atoms with E-state index in [0.29, 0.717) is 27.1 Å². The van der Waals surface area contributed by atoms with Crippen LogP contribution in [0.2, 0.25) is 4.34 Å². The Hall–Kier alpha value is -2.75. The normalized spacial score (nSPS) is 10.9. The fourth-order valence-electron chi connectivity index (χ4n) is 2.67. The van der Waals surface area contributed by atoms with Gasteiger partial charge in [0, 0.05) is 10.9 Å². The molecular weight excluding hydrogens is 359 g/mol. The highest BCUT2D eigenvalue weighted by molar-refractivity contribution is 7.19. The van der Waals surface area contributed by atoms with Crippen molar-refractivity contribution < 1.29 is 4.39 Å². The van der Waals surface area contributed by atoms with Crippen molar-refractivity contribution >= 4 is 33.8 Å². The fourth-order valence-corrected chi connectivity index (χ4v) is 3.71. The van der Waals surface area contributed by atoms with Crippen LogP contribution in [0, 0.1) is 17.1 Å². The van der Waals surface area contributed by atoms with Crippen LogP contribution in [0.25, 0.3) is 21.6 Å². The van der Waals surface area contributed by atoms with E-state index in [1.165, 1.54) is 17.4 Å². The van der Waals surface area contributed by atoms with E-state index >= 15 is 0 Å². The van der Waals surface area contributed by atoms with Gasteiger partial charge in [0.05, 0.1) is 12.1 Å². The smallest absolute Gasteiger partial charge is 0.170 e. The van der Waals surface area contributed by atoms with E-state index in [9.17, 15) is 4.39 Å². The molecule has 2 aromatic carbocycles. The molecule has 0 bridgehead atoms. The van der Waals surface area contributed by atoms with Crippen molar-refractivity contribution in [3.63, 3.8) is 0 Å². The number of aromatic nitrogens is 3. The van der Waals surface area contributed by atoms with E-state index in [1.54, 1.807) is 22.9 Å². The van der Waals surface area contributed by atoms with Crippen LogP contribution in [0.1, 0.15) is 11.3 Å². The number of nitrogens with zero attached hydrogens (tertiary/aromatic N) is 4. The van der Waals surface area contributed by atoms with Gasteiger partial charge in [0.25, 0.3) is 0 Å². The quantitative estimate of drug-likeness (QED) is 0.518. The molecule has 2 heterocycles. The van der Waals surface area contributed by atoms with E-state index < -0.39 is 0 Å². The molecule has 122 valence electrons. The first kappa shape index (κ1) is 15.8. The summed E-state index contributed by atoms with van der Waals surface area (Å²) in [6.45, 7) is 0.303. The summed E-state index contributed by atoms with van der Waals surface area (Å²) in [5, 5.41) is 15.1. The molecule has 0 radical (unpaired) electrons. The topological polar surface area (TPSA) is 54.5 Å². The molecule has 0 aliphatic heterocycles. The van der Waals surface area contributed by atoms with Gasteiger partial charge in [-0.3, -0.25) is 4.68 Å². The van der Waals surface area contributed by atoms with Crippen LogP contribution in [-0.2, 0) is 6.54 Å². The molecule has 0 fully saturated rings. The number of nitriles is 1. The summed E-state index contributed by atoms with van der Waals surface area (Å²) >= 11 is 7.26. The highest BCUT2D eigenvalue weighted by Crippen LogP contribution is 2.35. The lowest BCUT2D eigenvalue weighted by Gasteiger charge is -2.04. The second-order valence-corrected chi connectivity index (χ2v) is 6.97.